The van der Waals surface area contributed by atoms with Crippen molar-refractivity contribution in [3.8, 4) is 47.3 Å². The third-order valence-corrected chi connectivity index (χ3v) is 14.2. The molecule has 6 rings (SSSR count). The SMILES string of the molecule is C.CC(C)(C)OC(=O)NCCCCc1ccc(O)cc1.CC(C)(C)OC(=O)NCCCCc1ccc(OCC#N)cc1.CSC(=N)NC(=O)c1nc(Cl)c(N)nc1N.N#CCI.N#CCOc1ccc(CCCCN)cc1.N#CCOc1ccc(CCCCN=C(N)NC(=O)c2nc(Cl)c(N)nc2N)cc1. The second kappa shape index (κ2) is 55.2. The molecule has 0 aliphatic rings. The number of rotatable bonds is 27. The number of nitrogens with zero attached hydrogens (tertiary/aromatic N) is 9. The Kier molecular flexibility index (Phi) is 49.8. The third kappa shape index (κ3) is 46.4. The molecule has 106 heavy (non-hydrogen) atoms. The zero-order valence-electron chi connectivity index (χ0n) is 60.0. The summed E-state index contributed by atoms with van der Waals surface area (Å²) in [5.74, 6) is 0.644. The Morgan fingerprint density at radius 3 is 1.20 bits per heavy atom. The fraction of sp³-hybridized carbons (Fsp3) is 0.417. The average molecular weight is 1630 g/mol. The highest BCUT2D eigenvalue weighted by Crippen LogP contribution is 2.21. The standard InChI is InChI=1S/C18H21ClN8O2.C17H24N2O3.C15H23NO3.C12H16N2O.C7H9ClN6OS.C2H2IN.CH4/c19-14-16(22)26-15(21)13(25-14)17(28)27-18(23)24-9-2-1-3-11-4-6-12(7-5-11)29-10-8-20;1-17(2,3)22-16(20)19-12-5-4-6-14-7-9-15(10-8-14)21-13-11-18;1-15(2,3)19-14(18)16-11-5-4-6-12-7-9-13(17)10-8-12;13-8-2-1-3-11-4-6-12(7-5-11)15-10-9-14;1-16-7(11)14-6(15)2-4(9)13-5(10)3(8)12-2;3-1-2-4;/h4-7H,1-3,9-10H2,(H4,21,22,26)(H3,23,24,27,28);7-10H,4-6,12-13H2,1-3H3,(H,19,20);7-10,17H,4-6,11H2,1-3H3,(H,16,18);4-7H,1-3,8,10,13H2;1H3,(H4,9,10,13)(H2,11,14,15);1H2;1H4. The van der Waals surface area contributed by atoms with Crippen LogP contribution < -0.4 is 69.9 Å². The lowest BCUT2D eigenvalue weighted by Gasteiger charge is -2.19. The molecule has 0 aliphatic heterocycles. The number of alkyl carbamates (subject to hydrolysis) is 2. The number of aromatic hydroxyl groups is 1. The number of alkyl halides is 1. The number of hydrogen-bond donors (Lipinski definition) is 12. The van der Waals surface area contributed by atoms with Crippen molar-refractivity contribution in [1.82, 2.24) is 41.2 Å². The number of phenolic OH excluding ortho intramolecular Hbond substituents is 1. The van der Waals surface area contributed by atoms with Gasteiger partial charge in [-0.15, -0.1) is 0 Å². The first-order valence-electron chi connectivity index (χ1n) is 32.7. The molecule has 574 valence electrons. The van der Waals surface area contributed by atoms with E-state index in [1.165, 1.54) is 16.7 Å². The van der Waals surface area contributed by atoms with Gasteiger partial charge in [0.15, 0.2) is 75.9 Å². The Labute approximate surface area is 649 Å². The van der Waals surface area contributed by atoms with Crippen molar-refractivity contribution in [3.63, 3.8) is 0 Å². The van der Waals surface area contributed by atoms with E-state index in [9.17, 15) is 19.2 Å². The number of ether oxygens (including phenoxy) is 5. The van der Waals surface area contributed by atoms with Gasteiger partial charge < -0.3 is 79.1 Å². The van der Waals surface area contributed by atoms with Crippen LogP contribution >= 0.6 is 57.6 Å². The molecule has 0 unspecified atom stereocenters. The number of anilines is 4. The van der Waals surface area contributed by atoms with Crippen LogP contribution in [-0.4, -0.2) is 128 Å². The highest BCUT2D eigenvalue weighted by molar-refractivity contribution is 14.1. The van der Waals surface area contributed by atoms with Gasteiger partial charge in [-0.2, -0.15) is 21.0 Å². The molecule has 0 aliphatic carbocycles. The van der Waals surface area contributed by atoms with Crippen LogP contribution in [0.15, 0.2) is 102 Å². The molecule has 34 heteroatoms. The number of aromatic nitrogens is 4. The van der Waals surface area contributed by atoms with Crippen LogP contribution in [0, 0.1) is 50.7 Å². The maximum absolute atomic E-state index is 12.1. The molecular formula is C72H99Cl2IN20O10S. The number of amidine groups is 1. The largest absolute Gasteiger partial charge is 0.508 e. The second-order valence-corrected chi connectivity index (χ2v) is 26.0. The number of carbonyl (C=O) groups is 4. The molecule has 0 spiro atoms. The first-order valence-corrected chi connectivity index (χ1v) is 36.2. The van der Waals surface area contributed by atoms with E-state index in [0.29, 0.717) is 35.6 Å². The predicted octanol–water partition coefficient (Wildman–Crippen LogP) is 11.7. The predicted molar refractivity (Wildman–Crippen MR) is 426 cm³/mol. The van der Waals surface area contributed by atoms with Crippen LogP contribution in [0.3, 0.4) is 0 Å². The summed E-state index contributed by atoms with van der Waals surface area (Å²) in [6, 6.07) is 38.1. The van der Waals surface area contributed by atoms with Gasteiger partial charge in [-0.05, 0) is 202 Å². The topological polar surface area (TPSA) is 522 Å². The minimum absolute atomic E-state index is 0. The number of halogens is 3. The lowest BCUT2D eigenvalue weighted by molar-refractivity contribution is 0.0515. The number of guanidine groups is 1. The first-order chi connectivity index (χ1) is 49.9. The van der Waals surface area contributed by atoms with Gasteiger partial charge in [-0.25, -0.2) is 29.5 Å². The molecule has 0 saturated carbocycles. The molecule has 2 aromatic heterocycles. The number of amides is 4. The Balaban J connectivity index is 0.00000130. The van der Waals surface area contributed by atoms with Crippen molar-refractivity contribution in [2.24, 2.45) is 16.5 Å². The molecule has 4 amide bonds. The van der Waals surface area contributed by atoms with Crippen LogP contribution in [0.4, 0.5) is 32.9 Å². The van der Waals surface area contributed by atoms with Gasteiger partial charge in [0.2, 0.25) is 0 Å². The molecule has 0 bridgehead atoms. The second-order valence-electron chi connectivity index (χ2n) is 23.7. The van der Waals surface area contributed by atoms with E-state index in [1.807, 2.05) is 173 Å². The van der Waals surface area contributed by atoms with Crippen LogP contribution in [0.5, 0.6) is 23.0 Å². The number of nitriles is 4. The molecule has 2 heterocycles. The number of aryl methyl sites for hydroxylation is 4. The normalized spacial score (nSPS) is 10.2. The van der Waals surface area contributed by atoms with E-state index in [1.54, 1.807) is 18.4 Å². The van der Waals surface area contributed by atoms with Gasteiger partial charge >= 0.3 is 12.2 Å². The number of nitrogens with one attached hydrogen (secondary N) is 5. The van der Waals surface area contributed by atoms with Gasteiger partial charge in [0.1, 0.15) is 52.4 Å². The van der Waals surface area contributed by atoms with Crippen molar-refractivity contribution in [2.75, 3.05) is 79.6 Å². The smallest absolute Gasteiger partial charge is 0.407 e. The van der Waals surface area contributed by atoms with Crippen LogP contribution in [-0.2, 0) is 35.2 Å². The summed E-state index contributed by atoms with van der Waals surface area (Å²) >= 11 is 14.4. The van der Waals surface area contributed by atoms with E-state index in [0.717, 1.165) is 107 Å². The number of nitrogen functional groups attached to an aromatic ring is 4. The number of thioether (sulfide) groups is 1. The average Bonchev–Trinajstić information content (AvgIpc) is 0.840. The summed E-state index contributed by atoms with van der Waals surface area (Å²) in [5, 5.41) is 59.2. The molecule has 0 radical (unpaired) electrons. The fourth-order valence-electron chi connectivity index (χ4n) is 7.94. The Morgan fingerprint density at radius 2 is 0.877 bits per heavy atom. The molecule has 18 N–H and O–H groups in total. The summed E-state index contributed by atoms with van der Waals surface area (Å²) in [6.07, 6.45) is 12.3. The summed E-state index contributed by atoms with van der Waals surface area (Å²) in [6.45, 7) is 13.7. The molecule has 4 aromatic carbocycles. The quantitative estimate of drug-likeness (QED) is 0.00749. The lowest BCUT2D eigenvalue weighted by Crippen LogP contribution is -2.38. The number of benzene rings is 4. The van der Waals surface area contributed by atoms with Gasteiger partial charge in [0, 0.05) is 19.6 Å². The number of carbonyl (C=O) groups excluding carboxylic acids is 4. The Morgan fingerprint density at radius 1 is 0.547 bits per heavy atom. The number of aliphatic imine (C=N–C) groups is 1. The van der Waals surface area contributed by atoms with Crippen LogP contribution in [0.2, 0.25) is 10.3 Å². The van der Waals surface area contributed by atoms with Gasteiger partial charge in [0.05, 0.1) is 10.5 Å². The number of unbranched alkanes of at least 4 members (excludes halogenated alkanes) is 4. The first kappa shape index (κ1) is 95.6. The zero-order chi connectivity index (χ0) is 78.6. The van der Waals surface area contributed by atoms with Crippen LogP contribution in [0.1, 0.15) is 144 Å². The van der Waals surface area contributed by atoms with E-state index >= 15 is 0 Å². The minimum Gasteiger partial charge on any atom is -0.508 e. The van der Waals surface area contributed by atoms with E-state index < -0.39 is 23.0 Å². The lowest BCUT2D eigenvalue weighted by atomic mass is 10.1. The van der Waals surface area contributed by atoms with Gasteiger partial charge in [-0.3, -0.25) is 25.3 Å². The maximum atomic E-state index is 12.1. The van der Waals surface area contributed by atoms with E-state index in [-0.39, 0.29) is 101 Å². The van der Waals surface area contributed by atoms with Gasteiger partial charge in [-0.1, -0.05) is 114 Å². The summed E-state index contributed by atoms with van der Waals surface area (Å²) in [7, 11) is 0. The van der Waals surface area contributed by atoms with Crippen molar-refractivity contribution in [1.29, 1.82) is 26.5 Å². The maximum Gasteiger partial charge on any atom is 0.407 e. The third-order valence-electron chi connectivity index (χ3n) is 12.8. The summed E-state index contributed by atoms with van der Waals surface area (Å²) in [5.41, 5.74) is 36.6. The summed E-state index contributed by atoms with van der Waals surface area (Å²) in [4.78, 5) is 65.5. The molecule has 0 saturated heterocycles. The van der Waals surface area contributed by atoms with E-state index in [4.69, 9.17) is 113 Å². The Bertz CT molecular complexity index is 3810. The highest BCUT2D eigenvalue weighted by atomic mass is 127. The van der Waals surface area contributed by atoms with Crippen molar-refractivity contribution >= 4 is 116 Å². The molecular weight excluding hydrogens is 1530 g/mol. The summed E-state index contributed by atoms with van der Waals surface area (Å²) < 4.78 is 26.5. The van der Waals surface area contributed by atoms with E-state index in [2.05, 4.69) is 46.2 Å². The highest BCUT2D eigenvalue weighted by Gasteiger charge is 2.20. The van der Waals surface area contributed by atoms with Gasteiger partial charge in [0.25, 0.3) is 11.8 Å². The van der Waals surface area contributed by atoms with Crippen molar-refractivity contribution in [3.05, 3.63) is 141 Å². The molecule has 6 aromatic rings. The van der Waals surface area contributed by atoms with Crippen molar-refractivity contribution < 1.29 is 48.0 Å². The monoisotopic (exact) mass is 1630 g/mol. The minimum atomic E-state index is -0.670. The van der Waals surface area contributed by atoms with Crippen LogP contribution in [0.25, 0.3) is 0 Å². The number of hydrogen-bond acceptors (Lipinski definition) is 26. The molecule has 30 nitrogen and oxygen atoms in total. The zero-order valence-corrected chi connectivity index (χ0v) is 64.5. The molecule has 0 fully saturated rings. The van der Waals surface area contributed by atoms with Crippen molar-refractivity contribution in [2.45, 2.75) is 137 Å². The Hall–Kier alpha value is -10.4. The fourth-order valence-corrected chi connectivity index (χ4v) is 8.39. The molecule has 0 atom stereocenters. The number of nitrogens with two attached hydrogens (primary N) is 6. The number of phenols is 1.